The number of thiazole rings is 1. The smallest absolute Gasteiger partial charge is 0.236 e. The lowest BCUT2D eigenvalue weighted by atomic mass is 9.87. The van der Waals surface area contributed by atoms with Gasteiger partial charge in [0.1, 0.15) is 12.4 Å². The fourth-order valence-electron chi connectivity index (χ4n) is 3.40. The molecule has 0 spiro atoms. The average Bonchev–Trinajstić information content (AvgIpc) is 3.49. The lowest BCUT2D eigenvalue weighted by Gasteiger charge is -2.19. The second-order valence-electron chi connectivity index (χ2n) is 9.10. The van der Waals surface area contributed by atoms with E-state index in [1.807, 2.05) is 52.4 Å². The molecule has 1 amide bonds. The van der Waals surface area contributed by atoms with Gasteiger partial charge in [-0.2, -0.15) is 0 Å². The van der Waals surface area contributed by atoms with Crippen LogP contribution in [0.4, 0.5) is 5.13 Å². The minimum atomic E-state index is -0.154. The van der Waals surface area contributed by atoms with Crippen LogP contribution in [0.15, 0.2) is 77.8 Å². The molecule has 0 bridgehead atoms. The molecule has 0 aliphatic rings. The van der Waals surface area contributed by atoms with Crippen molar-refractivity contribution in [3.05, 3.63) is 84.0 Å². The van der Waals surface area contributed by atoms with Crippen molar-refractivity contribution in [1.29, 1.82) is 0 Å². The highest BCUT2D eigenvalue weighted by Crippen LogP contribution is 2.26. The highest BCUT2D eigenvalue weighted by atomic mass is 32.2. The summed E-state index contributed by atoms with van der Waals surface area (Å²) in [6.07, 6.45) is 1.77. The zero-order valence-corrected chi connectivity index (χ0v) is 22.2. The number of aromatic nitrogens is 4. The van der Waals surface area contributed by atoms with Gasteiger partial charge in [-0.15, -0.1) is 28.1 Å². The molecule has 0 saturated heterocycles. The quantitative estimate of drug-likeness (QED) is 0.199. The lowest BCUT2D eigenvalue weighted by molar-refractivity contribution is -0.113. The molecule has 0 unspecified atom stereocenters. The number of anilines is 1. The van der Waals surface area contributed by atoms with Gasteiger partial charge < -0.3 is 10.1 Å². The molecule has 2 aromatic carbocycles. The third-order valence-corrected chi connectivity index (χ3v) is 7.07. The Morgan fingerprint density at radius 3 is 2.58 bits per heavy atom. The van der Waals surface area contributed by atoms with Crippen molar-refractivity contribution in [1.82, 2.24) is 19.7 Å². The maximum absolute atomic E-state index is 12.5. The van der Waals surface area contributed by atoms with Crippen molar-refractivity contribution in [2.45, 2.75) is 44.5 Å². The molecule has 7 nitrogen and oxygen atoms in total. The Labute approximate surface area is 219 Å². The first-order valence-corrected chi connectivity index (χ1v) is 13.4. The minimum Gasteiger partial charge on any atom is -0.486 e. The second-order valence-corrected chi connectivity index (χ2v) is 10.9. The zero-order valence-electron chi connectivity index (χ0n) is 20.6. The molecule has 0 fully saturated rings. The summed E-state index contributed by atoms with van der Waals surface area (Å²) >= 11 is 2.72. The number of hydrogen-bond donors (Lipinski definition) is 1. The molecule has 0 atom stereocenters. The van der Waals surface area contributed by atoms with E-state index in [2.05, 4.69) is 60.0 Å². The van der Waals surface area contributed by atoms with Crippen molar-refractivity contribution >= 4 is 34.1 Å². The molecule has 36 heavy (non-hydrogen) atoms. The predicted molar refractivity (Wildman–Crippen MR) is 147 cm³/mol. The topological polar surface area (TPSA) is 81.9 Å². The molecule has 0 saturated carbocycles. The fourth-order valence-corrected chi connectivity index (χ4v) is 4.90. The first-order chi connectivity index (χ1) is 17.3. The molecule has 9 heteroatoms. The molecule has 0 aliphatic carbocycles. The average molecular weight is 520 g/mol. The number of allylic oxidation sites excluding steroid dienone is 1. The van der Waals surface area contributed by atoms with E-state index < -0.39 is 0 Å². The van der Waals surface area contributed by atoms with Crippen LogP contribution in [-0.2, 0) is 23.4 Å². The Morgan fingerprint density at radius 2 is 1.89 bits per heavy atom. The maximum Gasteiger partial charge on any atom is 0.236 e. The van der Waals surface area contributed by atoms with E-state index in [0.29, 0.717) is 22.7 Å². The summed E-state index contributed by atoms with van der Waals surface area (Å²) in [7, 11) is 0. The van der Waals surface area contributed by atoms with Gasteiger partial charge in [-0.3, -0.25) is 9.36 Å². The van der Waals surface area contributed by atoms with Gasteiger partial charge in [-0.25, -0.2) is 4.98 Å². The SMILES string of the molecule is C=CCn1c(COc2ccc(C(C)(C)C)cc2)nnc1SCC(=O)Nc1nc(-c2ccccc2)cs1. The van der Waals surface area contributed by atoms with Gasteiger partial charge in [0.2, 0.25) is 5.91 Å². The molecular formula is C27H29N5O2S2. The molecule has 186 valence electrons. The molecule has 2 aromatic heterocycles. The monoisotopic (exact) mass is 519 g/mol. The van der Waals surface area contributed by atoms with Crippen LogP contribution in [0.2, 0.25) is 0 Å². The van der Waals surface area contributed by atoms with Crippen LogP contribution in [0, 0.1) is 0 Å². The molecule has 4 aromatic rings. The van der Waals surface area contributed by atoms with Gasteiger partial charge in [0, 0.05) is 17.5 Å². The summed E-state index contributed by atoms with van der Waals surface area (Å²) in [4.78, 5) is 17.1. The Morgan fingerprint density at radius 1 is 1.14 bits per heavy atom. The molecule has 1 N–H and O–H groups in total. The normalized spacial score (nSPS) is 11.3. The van der Waals surface area contributed by atoms with Gasteiger partial charge >= 0.3 is 0 Å². The number of ether oxygens (including phenoxy) is 1. The number of benzene rings is 2. The number of nitrogens with one attached hydrogen (secondary N) is 1. The van der Waals surface area contributed by atoms with Crippen molar-refractivity contribution in [3.63, 3.8) is 0 Å². The summed E-state index contributed by atoms with van der Waals surface area (Å²) in [5, 5.41) is 14.6. The number of thioether (sulfide) groups is 1. The molecular weight excluding hydrogens is 490 g/mol. The van der Waals surface area contributed by atoms with Crippen molar-refractivity contribution in [2.24, 2.45) is 0 Å². The maximum atomic E-state index is 12.5. The summed E-state index contributed by atoms with van der Waals surface area (Å²) in [6.45, 7) is 11.2. The third kappa shape index (κ3) is 6.61. The Hall–Kier alpha value is -3.43. The van der Waals surface area contributed by atoms with E-state index in [1.54, 1.807) is 6.08 Å². The largest absolute Gasteiger partial charge is 0.486 e. The molecule has 0 radical (unpaired) electrons. The van der Waals surface area contributed by atoms with Crippen molar-refractivity contribution in [3.8, 4) is 17.0 Å². The van der Waals surface area contributed by atoms with E-state index in [9.17, 15) is 4.79 Å². The first kappa shape index (κ1) is 25.7. The fraction of sp³-hybridized carbons (Fsp3) is 0.259. The summed E-state index contributed by atoms with van der Waals surface area (Å²) in [5.41, 5.74) is 3.19. The van der Waals surface area contributed by atoms with Crippen LogP contribution in [-0.4, -0.2) is 31.4 Å². The third-order valence-electron chi connectivity index (χ3n) is 5.35. The molecule has 0 aliphatic heterocycles. The van der Waals surface area contributed by atoms with Crippen LogP contribution >= 0.6 is 23.1 Å². The van der Waals surface area contributed by atoms with Gasteiger partial charge in [0.15, 0.2) is 16.1 Å². The standard InChI is InChI=1S/C27H29N5O2S2/c1-5-15-32-23(16-34-21-13-11-20(12-14-21)27(2,3)4)30-31-26(32)36-18-24(33)29-25-28-22(17-35-25)19-9-7-6-8-10-19/h5-14,17H,1,15-16,18H2,2-4H3,(H,28,29,33). The van der Waals surface area contributed by atoms with Crippen LogP contribution in [0.25, 0.3) is 11.3 Å². The zero-order chi connectivity index (χ0) is 25.5. The van der Waals surface area contributed by atoms with Gasteiger partial charge in [0.25, 0.3) is 0 Å². The second kappa shape index (κ2) is 11.5. The van der Waals surface area contributed by atoms with Gasteiger partial charge in [-0.1, -0.05) is 81.1 Å². The molecule has 4 rings (SSSR count). The van der Waals surface area contributed by atoms with Crippen molar-refractivity contribution in [2.75, 3.05) is 11.1 Å². The van der Waals surface area contributed by atoms with Crippen LogP contribution in [0.1, 0.15) is 32.2 Å². The number of hydrogen-bond acceptors (Lipinski definition) is 7. The van der Waals surface area contributed by atoms with Gasteiger partial charge in [-0.05, 0) is 23.1 Å². The Balaban J connectivity index is 1.34. The van der Waals surface area contributed by atoms with Crippen molar-refractivity contribution < 1.29 is 9.53 Å². The lowest BCUT2D eigenvalue weighted by Crippen LogP contribution is -2.15. The predicted octanol–water partition coefficient (Wildman–Crippen LogP) is 6.19. The van der Waals surface area contributed by atoms with E-state index in [4.69, 9.17) is 4.74 Å². The highest BCUT2D eigenvalue weighted by Gasteiger charge is 2.16. The number of amides is 1. The first-order valence-electron chi connectivity index (χ1n) is 11.5. The van der Waals surface area contributed by atoms with E-state index in [0.717, 1.165) is 17.0 Å². The van der Waals surface area contributed by atoms with Crippen LogP contribution < -0.4 is 10.1 Å². The Bertz CT molecular complexity index is 1310. The number of nitrogens with zero attached hydrogens (tertiary/aromatic N) is 4. The van der Waals surface area contributed by atoms with E-state index >= 15 is 0 Å². The highest BCUT2D eigenvalue weighted by molar-refractivity contribution is 7.99. The summed E-state index contributed by atoms with van der Waals surface area (Å²) < 4.78 is 7.86. The summed E-state index contributed by atoms with van der Waals surface area (Å²) in [5.74, 6) is 1.47. The molecule has 2 heterocycles. The van der Waals surface area contributed by atoms with E-state index in [1.165, 1.54) is 28.7 Å². The van der Waals surface area contributed by atoms with E-state index in [-0.39, 0.29) is 23.7 Å². The Kier molecular flexibility index (Phi) is 8.22. The number of carbonyl (C=O) groups is 1. The summed E-state index contributed by atoms with van der Waals surface area (Å²) in [6, 6.07) is 18.0. The number of carbonyl (C=O) groups excluding carboxylic acids is 1. The van der Waals surface area contributed by atoms with Crippen LogP contribution in [0.5, 0.6) is 5.75 Å². The number of rotatable bonds is 10. The minimum absolute atomic E-state index is 0.0881. The van der Waals surface area contributed by atoms with Crippen LogP contribution in [0.3, 0.4) is 0 Å². The van der Waals surface area contributed by atoms with Gasteiger partial charge in [0.05, 0.1) is 11.4 Å².